The first-order valence-electron chi connectivity index (χ1n) is 21.9. The molecule has 1 fully saturated rings. The predicted molar refractivity (Wildman–Crippen MR) is 236 cm³/mol. The number of aliphatic hydroxyl groups excluding tert-OH is 1. The fourth-order valence-electron chi connectivity index (χ4n) is 10.3. The molecule has 4 aliphatic rings. The van der Waals surface area contributed by atoms with Crippen LogP contribution in [-0.2, 0) is 35.3 Å². The molecule has 3 aliphatic carbocycles. The van der Waals surface area contributed by atoms with E-state index in [1.165, 1.54) is 0 Å². The van der Waals surface area contributed by atoms with Gasteiger partial charge in [0.2, 0.25) is 0 Å². The molecule has 0 amide bonds. The highest BCUT2D eigenvalue weighted by Gasteiger charge is 2.45. The first-order valence-corrected chi connectivity index (χ1v) is 21.9. The Morgan fingerprint density at radius 3 is 2.43 bits per heavy atom. The molecule has 0 unspecified atom stereocenters. The number of rotatable bonds is 6. The van der Waals surface area contributed by atoms with Crippen molar-refractivity contribution >= 4 is 29.5 Å². The maximum atomic E-state index is 15.4. The number of benzene rings is 3. The molecule has 5 aromatic rings. The molecule has 0 spiro atoms. The number of anilines is 1. The van der Waals surface area contributed by atoms with Gasteiger partial charge in [-0.05, 0) is 127 Å². The number of hydrogen-bond acceptors (Lipinski definition) is 8. The van der Waals surface area contributed by atoms with Gasteiger partial charge in [0.25, 0.3) is 0 Å². The molecular formula is C51H55N3O7. The molecule has 10 nitrogen and oxygen atoms in total. The van der Waals surface area contributed by atoms with Crippen LogP contribution in [0.2, 0.25) is 0 Å². The number of aromatic hydroxyl groups is 2. The number of hydrogen-bond donors (Lipinski definition) is 7. The van der Waals surface area contributed by atoms with Crippen LogP contribution in [0, 0.1) is 11.8 Å². The molecule has 61 heavy (non-hydrogen) atoms. The number of phenols is 2. The standard InChI is InChI=1S/C51H55N3O7/c55-22-17-41-45(57)12-11-33-26-36(48(58)46(27-33)61-38-8-1-2-9-38)25-32-6-3-5-31(23-32)24-35-15-20-53-50(35)54-30-37-28-43-40(16-21-52-43)42(47(37)49(41)59)29-51(60)18-13-34-7-4-10-44(56)39(34)14-19-51/h3-7,10,14-16,19-21,23,26-28,38,41-42,47,52-56,58,60H,1-2,8-9,11-13,17-18,22,24-25,29-30H2/t41-,42-,47+,51+/m0/s1. The molecule has 4 bridgehead atoms. The normalized spacial score (nSPS) is 23.2. The SMILES string of the molecule is O=C1CCc2cc(c(O)c(OC3CCCC3)c2)Cc2cccc(c2)Cc2cc[nH]c2NCC2=Cc3[nH]ccc3[C@H](C[C@]3(O)C=Cc4c(O)cccc4CC3)[C@@H]2C(=O)[C@H]1CCO. The number of phenolic OH excluding ortho intramolecular Hbond substituents is 2. The van der Waals surface area contributed by atoms with Gasteiger partial charge >= 0.3 is 0 Å². The smallest absolute Gasteiger partial charge is 0.161 e. The molecule has 7 N–H and O–H groups in total. The van der Waals surface area contributed by atoms with Gasteiger partial charge in [-0.1, -0.05) is 54.6 Å². The van der Waals surface area contributed by atoms with Crippen LogP contribution in [0.1, 0.15) is 107 Å². The van der Waals surface area contributed by atoms with Gasteiger partial charge in [0.15, 0.2) is 17.3 Å². The molecule has 4 atom stereocenters. The lowest BCUT2D eigenvalue weighted by Crippen LogP contribution is -2.40. The topological polar surface area (TPSA) is 168 Å². The Kier molecular flexibility index (Phi) is 11.5. The molecule has 9 rings (SSSR count). The first kappa shape index (κ1) is 40.6. The van der Waals surface area contributed by atoms with Gasteiger partial charge in [-0.3, -0.25) is 9.59 Å². The molecule has 3 heterocycles. The molecule has 2 aromatic heterocycles. The van der Waals surface area contributed by atoms with Gasteiger partial charge in [-0.2, -0.15) is 0 Å². The zero-order valence-electron chi connectivity index (χ0n) is 34.5. The van der Waals surface area contributed by atoms with Crippen LogP contribution in [-0.4, -0.2) is 66.8 Å². The lowest BCUT2D eigenvalue weighted by molar-refractivity contribution is -0.135. The van der Waals surface area contributed by atoms with E-state index >= 15 is 4.79 Å². The summed E-state index contributed by atoms with van der Waals surface area (Å²) in [5, 5.41) is 48.7. The Morgan fingerprint density at radius 2 is 1.61 bits per heavy atom. The van der Waals surface area contributed by atoms with Crippen molar-refractivity contribution in [2.45, 2.75) is 94.7 Å². The van der Waals surface area contributed by atoms with E-state index < -0.39 is 23.4 Å². The molecule has 0 radical (unpaired) electrons. The highest BCUT2D eigenvalue weighted by Crippen LogP contribution is 2.47. The van der Waals surface area contributed by atoms with Crippen molar-refractivity contribution in [3.8, 4) is 17.2 Å². The summed E-state index contributed by atoms with van der Waals surface area (Å²) in [6, 6.07) is 21.6. The van der Waals surface area contributed by atoms with E-state index in [4.69, 9.17) is 4.74 Å². The second kappa shape index (κ2) is 17.3. The third-order valence-electron chi connectivity index (χ3n) is 13.5. The minimum atomic E-state index is -1.34. The Balaban J connectivity index is 1.11. The summed E-state index contributed by atoms with van der Waals surface area (Å²) in [7, 11) is 0. The molecule has 1 aliphatic heterocycles. The molecule has 0 saturated heterocycles. The summed E-state index contributed by atoms with van der Waals surface area (Å²) in [5.41, 5.74) is 7.52. The van der Waals surface area contributed by atoms with Crippen molar-refractivity contribution < 1.29 is 34.8 Å². The van der Waals surface area contributed by atoms with Gasteiger partial charge in [0, 0.05) is 73.5 Å². The number of aromatic amines is 2. The fourth-order valence-corrected chi connectivity index (χ4v) is 10.3. The quantitative estimate of drug-likeness (QED) is 0.0840. The number of nitrogens with one attached hydrogen (secondary N) is 3. The van der Waals surface area contributed by atoms with E-state index in [1.54, 1.807) is 24.3 Å². The number of aliphatic hydroxyl groups is 2. The summed E-state index contributed by atoms with van der Waals surface area (Å²) in [6.45, 7) is -0.0465. The summed E-state index contributed by atoms with van der Waals surface area (Å²) in [4.78, 5) is 36.6. The third kappa shape index (κ3) is 8.57. The van der Waals surface area contributed by atoms with Crippen LogP contribution in [0.3, 0.4) is 0 Å². The maximum Gasteiger partial charge on any atom is 0.161 e. The average molecular weight is 822 g/mol. The largest absolute Gasteiger partial charge is 0.507 e. The van der Waals surface area contributed by atoms with Gasteiger partial charge in [0.1, 0.15) is 17.4 Å². The number of H-pyrrole nitrogens is 2. The van der Waals surface area contributed by atoms with Crippen molar-refractivity contribution in [2.24, 2.45) is 11.8 Å². The summed E-state index contributed by atoms with van der Waals surface area (Å²) in [5.74, 6) is -1.42. The van der Waals surface area contributed by atoms with Gasteiger partial charge in [-0.25, -0.2) is 0 Å². The van der Waals surface area contributed by atoms with Gasteiger partial charge in [0.05, 0.1) is 17.6 Å². The van der Waals surface area contributed by atoms with Crippen molar-refractivity contribution in [3.63, 3.8) is 0 Å². The van der Waals surface area contributed by atoms with E-state index in [1.807, 2.05) is 54.9 Å². The molecular weight excluding hydrogens is 767 g/mol. The van der Waals surface area contributed by atoms with Crippen LogP contribution < -0.4 is 10.1 Å². The summed E-state index contributed by atoms with van der Waals surface area (Å²) >= 11 is 0. The van der Waals surface area contributed by atoms with E-state index in [2.05, 4.69) is 33.5 Å². The van der Waals surface area contributed by atoms with Crippen molar-refractivity contribution in [1.29, 1.82) is 0 Å². The second-order valence-electron chi connectivity index (χ2n) is 17.6. The number of aryl methyl sites for hydroxylation is 2. The highest BCUT2D eigenvalue weighted by molar-refractivity contribution is 6.05. The lowest BCUT2D eigenvalue weighted by Gasteiger charge is -2.38. The highest BCUT2D eigenvalue weighted by atomic mass is 16.5. The number of Topliss-reactive ketones (excluding diaryl/α,β-unsaturated/α-hetero) is 2. The number of carbonyl (C=O) groups excluding carboxylic acids is 2. The summed E-state index contributed by atoms with van der Waals surface area (Å²) < 4.78 is 6.42. The molecule has 1 saturated carbocycles. The number of ether oxygens (including phenoxy) is 1. The van der Waals surface area contributed by atoms with Crippen LogP contribution in [0.15, 0.2) is 90.8 Å². The van der Waals surface area contributed by atoms with Crippen molar-refractivity contribution in [3.05, 3.63) is 141 Å². The molecule has 3 aromatic carbocycles. The minimum absolute atomic E-state index is 0.0180. The predicted octanol–water partition coefficient (Wildman–Crippen LogP) is 8.33. The number of ketones is 2. The minimum Gasteiger partial charge on any atom is -0.507 e. The Morgan fingerprint density at radius 1 is 0.820 bits per heavy atom. The number of fused-ring (bicyclic) bond motifs is 8. The Labute approximate surface area is 356 Å². The molecule has 10 heteroatoms. The summed E-state index contributed by atoms with van der Waals surface area (Å²) in [6.07, 6.45) is 15.9. The van der Waals surface area contributed by atoms with E-state index in [-0.39, 0.29) is 55.0 Å². The van der Waals surface area contributed by atoms with Crippen LogP contribution in [0.4, 0.5) is 5.82 Å². The van der Waals surface area contributed by atoms with Crippen LogP contribution >= 0.6 is 0 Å². The van der Waals surface area contributed by atoms with Crippen molar-refractivity contribution in [2.75, 3.05) is 18.5 Å². The van der Waals surface area contributed by atoms with E-state index in [0.29, 0.717) is 55.5 Å². The van der Waals surface area contributed by atoms with E-state index in [0.717, 1.165) is 76.1 Å². The van der Waals surface area contributed by atoms with Crippen LogP contribution in [0.5, 0.6) is 17.2 Å². The number of aromatic nitrogens is 2. The average Bonchev–Trinajstić information content (AvgIpc) is 4.03. The Hall–Kier alpha value is -5.84. The van der Waals surface area contributed by atoms with E-state index in [9.17, 15) is 25.2 Å². The monoisotopic (exact) mass is 821 g/mol. The second-order valence-corrected chi connectivity index (χ2v) is 17.6. The van der Waals surface area contributed by atoms with Crippen molar-refractivity contribution in [1.82, 2.24) is 9.97 Å². The van der Waals surface area contributed by atoms with Gasteiger partial charge < -0.3 is 40.4 Å². The number of carbonyl (C=O) groups is 2. The maximum absolute atomic E-state index is 15.4. The lowest BCUT2D eigenvalue weighted by atomic mass is 9.67. The molecule has 316 valence electrons. The zero-order valence-corrected chi connectivity index (χ0v) is 34.5. The first-order chi connectivity index (χ1) is 29.6. The van der Waals surface area contributed by atoms with Gasteiger partial charge in [-0.15, -0.1) is 0 Å². The third-order valence-corrected chi connectivity index (χ3v) is 13.5. The zero-order chi connectivity index (χ0) is 42.1. The Bertz CT molecular complexity index is 2490. The van der Waals surface area contributed by atoms with Crippen LogP contribution in [0.25, 0.3) is 12.2 Å². The fraction of sp³-hybridized carbons (Fsp3) is 0.373.